The summed E-state index contributed by atoms with van der Waals surface area (Å²) < 4.78 is 40.6. The molecule has 0 spiro atoms. The molecule has 0 aliphatic rings. The molecule has 0 saturated heterocycles. The Morgan fingerprint density at radius 3 is 2.37 bits per heavy atom. The lowest BCUT2D eigenvalue weighted by atomic mass is 10.1. The summed E-state index contributed by atoms with van der Waals surface area (Å²) in [6, 6.07) is 9.49. The second-order valence-electron chi connectivity index (χ2n) is 5.70. The average Bonchev–Trinajstić information content (AvgIpc) is 2.60. The van der Waals surface area contributed by atoms with E-state index < -0.39 is 15.8 Å². The Kier molecular flexibility index (Phi) is 8.68. The van der Waals surface area contributed by atoms with E-state index in [0.717, 1.165) is 6.54 Å². The van der Waals surface area contributed by atoms with E-state index in [1.807, 2.05) is 6.92 Å². The van der Waals surface area contributed by atoms with Crippen molar-refractivity contribution < 1.29 is 17.6 Å². The van der Waals surface area contributed by atoms with Crippen molar-refractivity contribution in [1.82, 2.24) is 10.6 Å². The van der Waals surface area contributed by atoms with Gasteiger partial charge in [0, 0.05) is 24.3 Å². The molecule has 0 saturated carbocycles. The Bertz CT molecular complexity index is 874. The monoisotopic (exact) mass is 415 g/mol. The fourth-order valence-electron chi connectivity index (χ4n) is 2.30. The molecule has 0 atom stereocenters. The van der Waals surface area contributed by atoms with E-state index in [9.17, 15) is 17.6 Å². The summed E-state index contributed by atoms with van der Waals surface area (Å²) in [5, 5.41) is 5.81. The zero-order valence-corrected chi connectivity index (χ0v) is 16.7. The average molecular weight is 416 g/mol. The van der Waals surface area contributed by atoms with Crippen LogP contribution in [0.2, 0.25) is 0 Å². The lowest BCUT2D eigenvalue weighted by Crippen LogP contribution is -2.31. The summed E-state index contributed by atoms with van der Waals surface area (Å²) in [5.41, 5.74) is 1.00. The van der Waals surface area contributed by atoms with Crippen LogP contribution in [-0.4, -0.2) is 34.0 Å². The molecule has 0 fully saturated rings. The smallest absolute Gasteiger partial charge is 0.262 e. The molecule has 6 nitrogen and oxygen atoms in total. The van der Waals surface area contributed by atoms with E-state index >= 15 is 0 Å². The number of anilines is 1. The van der Waals surface area contributed by atoms with Crippen molar-refractivity contribution >= 4 is 34.0 Å². The van der Waals surface area contributed by atoms with Crippen LogP contribution in [0.5, 0.6) is 0 Å². The number of rotatable bonds is 8. The summed E-state index contributed by atoms with van der Waals surface area (Å²) >= 11 is 0. The van der Waals surface area contributed by atoms with E-state index in [4.69, 9.17) is 0 Å². The van der Waals surface area contributed by atoms with Crippen LogP contribution in [0.1, 0.15) is 22.8 Å². The number of hydrogen-bond donors (Lipinski definition) is 3. The Hall–Kier alpha value is -2.16. The van der Waals surface area contributed by atoms with E-state index in [0.29, 0.717) is 18.7 Å². The minimum Gasteiger partial charge on any atom is -0.351 e. The van der Waals surface area contributed by atoms with Gasteiger partial charge in [0.15, 0.2) is 0 Å². The highest BCUT2D eigenvalue weighted by molar-refractivity contribution is 7.92. The van der Waals surface area contributed by atoms with Crippen molar-refractivity contribution in [3.8, 4) is 0 Å². The second kappa shape index (κ2) is 10.2. The number of carbonyl (C=O) groups excluding carboxylic acids is 1. The predicted molar refractivity (Wildman–Crippen MR) is 107 cm³/mol. The SMILES string of the molecule is CCNCCNC(=O)c1ccc(C)c(S(=O)(=O)Nc2ccc(F)cc2)c1.Cl. The highest BCUT2D eigenvalue weighted by Crippen LogP contribution is 2.21. The molecule has 2 aromatic carbocycles. The Balaban J connectivity index is 0.00000364. The molecule has 0 heterocycles. The third kappa shape index (κ3) is 6.50. The van der Waals surface area contributed by atoms with Gasteiger partial charge in [0.1, 0.15) is 5.82 Å². The summed E-state index contributed by atoms with van der Waals surface area (Å²) in [6.45, 7) is 5.48. The number of sulfonamides is 1. The number of amides is 1. The molecular weight excluding hydrogens is 393 g/mol. The number of likely N-dealkylation sites (N-methyl/N-ethyl adjacent to an activating group) is 1. The minimum absolute atomic E-state index is 0. The fraction of sp³-hybridized carbons (Fsp3) is 0.278. The summed E-state index contributed by atoms with van der Waals surface area (Å²) in [4.78, 5) is 12.2. The van der Waals surface area contributed by atoms with Gasteiger partial charge in [-0.3, -0.25) is 9.52 Å². The van der Waals surface area contributed by atoms with Gasteiger partial charge in [-0.15, -0.1) is 12.4 Å². The molecule has 0 aromatic heterocycles. The van der Waals surface area contributed by atoms with Crippen LogP contribution >= 0.6 is 12.4 Å². The van der Waals surface area contributed by atoms with Crippen LogP contribution in [0.15, 0.2) is 47.4 Å². The molecule has 0 bridgehead atoms. The van der Waals surface area contributed by atoms with Crippen molar-refractivity contribution in [2.24, 2.45) is 0 Å². The molecule has 0 radical (unpaired) electrons. The topological polar surface area (TPSA) is 87.3 Å². The summed E-state index contributed by atoms with van der Waals surface area (Å²) in [7, 11) is -3.91. The van der Waals surface area contributed by atoms with Gasteiger partial charge in [-0.2, -0.15) is 0 Å². The first-order chi connectivity index (χ1) is 12.3. The molecular formula is C18H23ClFN3O3S. The van der Waals surface area contributed by atoms with E-state index in [1.54, 1.807) is 19.1 Å². The molecule has 0 aliphatic carbocycles. The molecule has 1 amide bonds. The maximum atomic E-state index is 13.0. The number of aryl methyl sites for hydroxylation is 1. The zero-order chi connectivity index (χ0) is 19.2. The first-order valence-electron chi connectivity index (χ1n) is 8.21. The third-order valence-electron chi connectivity index (χ3n) is 3.67. The Morgan fingerprint density at radius 1 is 1.07 bits per heavy atom. The van der Waals surface area contributed by atoms with Gasteiger partial charge in [-0.05, 0) is 55.4 Å². The maximum absolute atomic E-state index is 13.0. The normalized spacial score (nSPS) is 10.8. The van der Waals surface area contributed by atoms with E-state index in [-0.39, 0.29) is 34.5 Å². The van der Waals surface area contributed by atoms with Crippen molar-refractivity contribution in [2.45, 2.75) is 18.7 Å². The third-order valence-corrected chi connectivity index (χ3v) is 5.20. The minimum atomic E-state index is -3.91. The second-order valence-corrected chi connectivity index (χ2v) is 7.35. The number of benzene rings is 2. The summed E-state index contributed by atoms with van der Waals surface area (Å²) in [6.07, 6.45) is 0. The standard InChI is InChI=1S/C18H22FN3O3S.ClH/c1-3-20-10-11-21-18(23)14-5-4-13(2)17(12-14)26(24,25)22-16-8-6-15(19)7-9-16;/h4-9,12,20,22H,3,10-11H2,1-2H3,(H,21,23);1H. The van der Waals surface area contributed by atoms with Gasteiger partial charge in [0.25, 0.3) is 15.9 Å². The van der Waals surface area contributed by atoms with Crippen LogP contribution in [0, 0.1) is 12.7 Å². The maximum Gasteiger partial charge on any atom is 0.262 e. The molecule has 3 N–H and O–H groups in total. The van der Waals surface area contributed by atoms with Gasteiger partial charge in [-0.25, -0.2) is 12.8 Å². The highest BCUT2D eigenvalue weighted by Gasteiger charge is 2.19. The number of halogens is 2. The molecule has 0 unspecified atom stereocenters. The molecule has 9 heteroatoms. The van der Waals surface area contributed by atoms with Gasteiger partial charge in [0.05, 0.1) is 4.90 Å². The lowest BCUT2D eigenvalue weighted by molar-refractivity contribution is 0.0953. The molecule has 2 rings (SSSR count). The Labute approximate surface area is 165 Å². The van der Waals surface area contributed by atoms with Gasteiger partial charge in [0.2, 0.25) is 0 Å². The molecule has 0 aliphatic heterocycles. The van der Waals surface area contributed by atoms with Crippen LogP contribution in [0.3, 0.4) is 0 Å². The largest absolute Gasteiger partial charge is 0.351 e. The van der Waals surface area contributed by atoms with Gasteiger partial charge >= 0.3 is 0 Å². The van der Waals surface area contributed by atoms with Gasteiger partial charge in [-0.1, -0.05) is 13.0 Å². The molecule has 2 aromatic rings. The van der Waals surface area contributed by atoms with Crippen LogP contribution in [0.4, 0.5) is 10.1 Å². The molecule has 148 valence electrons. The first-order valence-corrected chi connectivity index (χ1v) is 9.70. The van der Waals surface area contributed by atoms with Crippen LogP contribution < -0.4 is 15.4 Å². The molecule has 27 heavy (non-hydrogen) atoms. The van der Waals surface area contributed by atoms with E-state index in [1.165, 1.54) is 30.3 Å². The predicted octanol–water partition coefficient (Wildman–Crippen LogP) is 2.70. The Morgan fingerprint density at radius 2 is 1.74 bits per heavy atom. The van der Waals surface area contributed by atoms with Gasteiger partial charge < -0.3 is 10.6 Å². The summed E-state index contributed by atoms with van der Waals surface area (Å²) in [5.74, 6) is -0.804. The van der Waals surface area contributed by atoms with Crippen molar-refractivity contribution in [3.63, 3.8) is 0 Å². The number of hydrogen-bond acceptors (Lipinski definition) is 4. The quantitative estimate of drug-likeness (QED) is 0.578. The van der Waals surface area contributed by atoms with Crippen molar-refractivity contribution in [2.75, 3.05) is 24.4 Å². The first kappa shape index (κ1) is 22.9. The van der Waals surface area contributed by atoms with Crippen molar-refractivity contribution in [3.05, 3.63) is 59.4 Å². The zero-order valence-electron chi connectivity index (χ0n) is 15.1. The number of nitrogens with one attached hydrogen (secondary N) is 3. The highest BCUT2D eigenvalue weighted by atomic mass is 35.5. The van der Waals surface area contributed by atoms with Crippen LogP contribution in [-0.2, 0) is 10.0 Å². The fourth-order valence-corrected chi connectivity index (χ4v) is 3.63. The van der Waals surface area contributed by atoms with E-state index in [2.05, 4.69) is 15.4 Å². The number of carbonyl (C=O) groups is 1. The lowest BCUT2D eigenvalue weighted by Gasteiger charge is -2.12. The van der Waals surface area contributed by atoms with Crippen molar-refractivity contribution in [1.29, 1.82) is 0 Å². The van der Waals surface area contributed by atoms with Crippen LogP contribution in [0.25, 0.3) is 0 Å².